The Morgan fingerprint density at radius 1 is 1.40 bits per heavy atom. The Morgan fingerprint density at radius 2 is 2.20 bits per heavy atom. The number of allylic oxidation sites excluding steroid dienone is 1. The zero-order chi connectivity index (χ0) is 14.8. The molecule has 4 heteroatoms. The van der Waals surface area contributed by atoms with Crippen molar-refractivity contribution >= 4 is 5.97 Å². The molecule has 1 rings (SSSR count). The highest BCUT2D eigenvalue weighted by atomic mass is 16.5. The topological polar surface area (TPSA) is 49.8 Å². The van der Waals surface area contributed by atoms with Crippen molar-refractivity contribution in [2.75, 3.05) is 19.8 Å². The first-order valence-corrected chi connectivity index (χ1v) is 7.97. The van der Waals surface area contributed by atoms with E-state index in [-0.39, 0.29) is 12.6 Å². The van der Waals surface area contributed by atoms with Crippen LogP contribution in [0.5, 0.6) is 0 Å². The molecular formula is C16H29NO3. The van der Waals surface area contributed by atoms with Crippen molar-refractivity contribution in [1.29, 1.82) is 0 Å². The van der Waals surface area contributed by atoms with Gasteiger partial charge in [0.25, 0.3) is 0 Å². The Kier molecular flexibility index (Phi) is 8.35. The van der Waals surface area contributed by atoms with Gasteiger partial charge in [0, 0.05) is 31.0 Å². The molecular weight excluding hydrogens is 254 g/mol. The maximum Gasteiger partial charge on any atom is 0.332 e. The van der Waals surface area contributed by atoms with E-state index in [0.717, 1.165) is 37.9 Å². The largest absolute Gasteiger partial charge is 0.463 e. The van der Waals surface area contributed by atoms with Crippen LogP contribution in [0.3, 0.4) is 0 Å². The third kappa shape index (κ3) is 5.53. The van der Waals surface area contributed by atoms with E-state index >= 15 is 0 Å². The number of aliphatic hydroxyl groups is 1. The molecule has 20 heavy (non-hydrogen) atoms. The first kappa shape index (κ1) is 17.0. The van der Waals surface area contributed by atoms with Crippen LogP contribution < -0.4 is 0 Å². The van der Waals surface area contributed by atoms with Crippen LogP contribution in [-0.2, 0) is 9.53 Å². The number of carbonyl (C=O) groups excluding carboxylic acids is 1. The molecule has 1 aliphatic rings. The van der Waals surface area contributed by atoms with Crippen LogP contribution in [0.4, 0.5) is 0 Å². The van der Waals surface area contributed by atoms with Gasteiger partial charge in [-0.3, -0.25) is 0 Å². The molecule has 116 valence electrons. The Morgan fingerprint density at radius 3 is 2.85 bits per heavy atom. The van der Waals surface area contributed by atoms with E-state index < -0.39 is 0 Å². The average Bonchev–Trinajstić information content (AvgIpc) is 2.86. The number of unbranched alkanes of at least 4 members (excludes halogenated alkanes) is 2. The lowest BCUT2D eigenvalue weighted by Gasteiger charge is -2.30. The van der Waals surface area contributed by atoms with E-state index in [1.807, 2.05) is 6.92 Å². The molecule has 1 saturated heterocycles. The predicted octanol–water partition coefficient (Wildman–Crippen LogP) is 2.86. The monoisotopic (exact) mass is 283 g/mol. The van der Waals surface area contributed by atoms with Crippen LogP contribution in [0.2, 0.25) is 0 Å². The molecule has 1 N–H and O–H groups in total. The van der Waals surface area contributed by atoms with Crippen molar-refractivity contribution in [2.24, 2.45) is 0 Å². The van der Waals surface area contributed by atoms with E-state index in [4.69, 9.17) is 4.74 Å². The van der Waals surface area contributed by atoms with Gasteiger partial charge in [-0.2, -0.15) is 0 Å². The first-order chi connectivity index (χ1) is 9.72. The SMILES string of the molecule is CCCCC[C@H](CCO)N1CCC/C1=C\C(=O)OCC. The molecule has 4 nitrogen and oxygen atoms in total. The van der Waals surface area contributed by atoms with Gasteiger partial charge in [-0.15, -0.1) is 0 Å². The molecule has 0 amide bonds. The van der Waals surface area contributed by atoms with Gasteiger partial charge in [0.15, 0.2) is 0 Å². The van der Waals surface area contributed by atoms with Crippen LogP contribution in [0.1, 0.15) is 58.8 Å². The van der Waals surface area contributed by atoms with Crippen LogP contribution >= 0.6 is 0 Å². The van der Waals surface area contributed by atoms with Crippen LogP contribution in [0.25, 0.3) is 0 Å². The van der Waals surface area contributed by atoms with Crippen LogP contribution in [-0.4, -0.2) is 41.8 Å². The second-order valence-electron chi connectivity index (χ2n) is 5.35. The Labute approximate surface area is 122 Å². The first-order valence-electron chi connectivity index (χ1n) is 7.97. The summed E-state index contributed by atoms with van der Waals surface area (Å²) in [6.07, 6.45) is 9.16. The van der Waals surface area contributed by atoms with Crippen molar-refractivity contribution < 1.29 is 14.6 Å². The molecule has 1 aliphatic heterocycles. The molecule has 0 aliphatic carbocycles. The summed E-state index contributed by atoms with van der Waals surface area (Å²) in [5, 5.41) is 9.27. The standard InChI is InChI=1S/C16H29NO3/c1-3-5-6-8-14(10-12-18)17-11-7-9-15(17)13-16(19)20-4-2/h13-14,18H,3-12H2,1-2H3/b15-13+/t14-/m1/s1. The lowest BCUT2D eigenvalue weighted by Crippen LogP contribution is -2.32. The number of esters is 1. The smallest absolute Gasteiger partial charge is 0.332 e. The highest BCUT2D eigenvalue weighted by molar-refractivity contribution is 5.82. The van der Waals surface area contributed by atoms with Gasteiger partial charge >= 0.3 is 5.97 Å². The van der Waals surface area contributed by atoms with Gasteiger partial charge < -0.3 is 14.7 Å². The van der Waals surface area contributed by atoms with Crippen molar-refractivity contribution in [3.05, 3.63) is 11.8 Å². The summed E-state index contributed by atoms with van der Waals surface area (Å²) in [4.78, 5) is 13.9. The van der Waals surface area contributed by atoms with Gasteiger partial charge in [-0.1, -0.05) is 26.2 Å². The van der Waals surface area contributed by atoms with Crippen molar-refractivity contribution in [3.8, 4) is 0 Å². The summed E-state index contributed by atoms with van der Waals surface area (Å²) >= 11 is 0. The molecule has 1 fully saturated rings. The number of likely N-dealkylation sites (tertiary alicyclic amines) is 1. The van der Waals surface area contributed by atoms with E-state index in [1.54, 1.807) is 6.08 Å². The fraction of sp³-hybridized carbons (Fsp3) is 0.812. The molecule has 0 bridgehead atoms. The summed E-state index contributed by atoms with van der Waals surface area (Å²) in [6, 6.07) is 0.356. The third-order valence-electron chi connectivity index (χ3n) is 3.82. The Bertz CT molecular complexity index is 315. The Balaban J connectivity index is 2.64. The maximum atomic E-state index is 11.6. The van der Waals surface area contributed by atoms with Crippen molar-refractivity contribution in [2.45, 2.75) is 64.8 Å². The molecule has 0 radical (unpaired) electrons. The van der Waals surface area contributed by atoms with Crippen molar-refractivity contribution in [1.82, 2.24) is 4.90 Å². The predicted molar refractivity (Wildman–Crippen MR) is 80.3 cm³/mol. The maximum absolute atomic E-state index is 11.6. The van der Waals surface area contributed by atoms with Gasteiger partial charge in [0.1, 0.15) is 0 Å². The molecule has 0 aromatic rings. The molecule has 1 heterocycles. The average molecular weight is 283 g/mol. The highest BCUT2D eigenvalue weighted by Crippen LogP contribution is 2.27. The minimum atomic E-state index is -0.245. The normalized spacial score (nSPS) is 18.6. The highest BCUT2D eigenvalue weighted by Gasteiger charge is 2.25. The molecule has 0 saturated carbocycles. The molecule has 0 unspecified atom stereocenters. The van der Waals surface area contributed by atoms with E-state index in [0.29, 0.717) is 12.6 Å². The Hall–Kier alpha value is -1.03. The minimum Gasteiger partial charge on any atom is -0.463 e. The van der Waals surface area contributed by atoms with Gasteiger partial charge in [0.05, 0.1) is 6.61 Å². The number of hydrogen-bond donors (Lipinski definition) is 1. The van der Waals surface area contributed by atoms with Gasteiger partial charge in [-0.05, 0) is 32.6 Å². The number of aliphatic hydroxyl groups excluding tert-OH is 1. The second kappa shape index (κ2) is 9.81. The quantitative estimate of drug-likeness (QED) is 0.401. The summed E-state index contributed by atoms with van der Waals surface area (Å²) in [7, 11) is 0. The summed E-state index contributed by atoms with van der Waals surface area (Å²) in [6.45, 7) is 5.63. The van der Waals surface area contributed by atoms with Crippen LogP contribution in [0, 0.1) is 0 Å². The van der Waals surface area contributed by atoms with Crippen LogP contribution in [0.15, 0.2) is 11.8 Å². The lowest BCUT2D eigenvalue weighted by atomic mass is 10.0. The van der Waals surface area contributed by atoms with E-state index in [9.17, 15) is 9.90 Å². The van der Waals surface area contributed by atoms with Gasteiger partial charge in [-0.25, -0.2) is 4.79 Å². The summed E-state index contributed by atoms with van der Waals surface area (Å²) < 4.78 is 5.00. The molecule has 1 atom stereocenters. The van der Waals surface area contributed by atoms with E-state index in [2.05, 4.69) is 11.8 Å². The summed E-state index contributed by atoms with van der Waals surface area (Å²) in [5.41, 5.74) is 1.08. The number of ether oxygens (including phenoxy) is 1. The zero-order valence-electron chi connectivity index (χ0n) is 12.9. The number of nitrogens with zero attached hydrogens (tertiary/aromatic N) is 1. The zero-order valence-corrected chi connectivity index (χ0v) is 12.9. The summed E-state index contributed by atoms with van der Waals surface area (Å²) in [5.74, 6) is -0.245. The number of rotatable bonds is 9. The second-order valence-corrected chi connectivity index (χ2v) is 5.35. The fourth-order valence-electron chi connectivity index (χ4n) is 2.84. The van der Waals surface area contributed by atoms with Gasteiger partial charge in [0.2, 0.25) is 0 Å². The minimum absolute atomic E-state index is 0.208. The third-order valence-corrected chi connectivity index (χ3v) is 3.82. The molecule has 0 aromatic heterocycles. The fourth-order valence-corrected chi connectivity index (χ4v) is 2.84. The van der Waals surface area contributed by atoms with Crippen molar-refractivity contribution in [3.63, 3.8) is 0 Å². The number of hydrogen-bond acceptors (Lipinski definition) is 4. The van der Waals surface area contributed by atoms with E-state index in [1.165, 1.54) is 19.3 Å². The molecule has 0 aromatic carbocycles. The molecule has 0 spiro atoms. The lowest BCUT2D eigenvalue weighted by molar-refractivity contribution is -0.137. The number of carbonyl (C=O) groups is 1.